The van der Waals surface area contributed by atoms with Crippen molar-refractivity contribution in [2.24, 2.45) is 0 Å². The molecule has 1 atom stereocenters. The van der Waals surface area contributed by atoms with E-state index >= 15 is 0 Å². The van der Waals surface area contributed by atoms with Crippen molar-refractivity contribution in [3.05, 3.63) is 53.6 Å². The van der Waals surface area contributed by atoms with Gasteiger partial charge in [-0.05, 0) is 48.9 Å². The van der Waals surface area contributed by atoms with Crippen LogP contribution in [0.3, 0.4) is 0 Å². The van der Waals surface area contributed by atoms with Crippen LogP contribution in [0.15, 0.2) is 42.5 Å². The first-order valence-corrected chi connectivity index (χ1v) is 11.9. The second kappa shape index (κ2) is 9.79. The van der Waals surface area contributed by atoms with Crippen LogP contribution in [0.25, 0.3) is 10.2 Å². The van der Waals surface area contributed by atoms with Crippen LogP contribution in [0.5, 0.6) is 5.75 Å². The van der Waals surface area contributed by atoms with Crippen LogP contribution < -0.4 is 9.64 Å². The molecule has 1 aromatic heterocycles. The van der Waals surface area contributed by atoms with Gasteiger partial charge in [-0.3, -0.25) is 9.69 Å². The minimum absolute atomic E-state index is 0.0461. The number of anilines is 1. The summed E-state index contributed by atoms with van der Waals surface area (Å²) in [5.74, 6) is 1.28. The third-order valence-corrected chi connectivity index (χ3v) is 6.66. The first-order chi connectivity index (χ1) is 15.0. The zero-order valence-corrected chi connectivity index (χ0v) is 19.3. The van der Waals surface area contributed by atoms with Crippen LogP contribution in [0.1, 0.15) is 50.7 Å². The third-order valence-electron chi connectivity index (χ3n) is 5.61. The Morgan fingerprint density at radius 3 is 2.74 bits per heavy atom. The minimum atomic E-state index is 0.0461. The van der Waals surface area contributed by atoms with E-state index in [1.807, 2.05) is 30.0 Å². The molecule has 31 heavy (non-hydrogen) atoms. The van der Waals surface area contributed by atoms with E-state index in [1.54, 1.807) is 0 Å². The molecule has 164 valence electrons. The fraction of sp³-hybridized carbons (Fsp3) is 0.440. The van der Waals surface area contributed by atoms with E-state index in [-0.39, 0.29) is 12.0 Å². The maximum Gasteiger partial charge on any atom is 0.233 e. The van der Waals surface area contributed by atoms with E-state index in [4.69, 9.17) is 14.5 Å². The van der Waals surface area contributed by atoms with Gasteiger partial charge in [-0.15, -0.1) is 0 Å². The van der Waals surface area contributed by atoms with Gasteiger partial charge in [0.15, 0.2) is 5.13 Å². The standard InChI is InChI=1S/C25H30N2O3S/c1-4-29-21-8-5-9-22-24(21)26-25(31-22)27(16-20-7-6-14-30-20)23(28)15-18-10-12-19(13-11-18)17(2)3/h5,8-13,17,20H,4,6-7,14-16H2,1-3H3. The van der Waals surface area contributed by atoms with E-state index < -0.39 is 0 Å². The van der Waals surface area contributed by atoms with Crippen molar-refractivity contribution in [2.75, 3.05) is 24.7 Å². The third kappa shape index (κ3) is 5.08. The quantitative estimate of drug-likeness (QED) is 0.461. The molecule has 5 nitrogen and oxygen atoms in total. The number of thiazole rings is 1. The molecule has 0 saturated carbocycles. The highest BCUT2D eigenvalue weighted by atomic mass is 32.1. The van der Waals surface area contributed by atoms with Crippen molar-refractivity contribution < 1.29 is 14.3 Å². The van der Waals surface area contributed by atoms with Crippen LogP contribution in [0.4, 0.5) is 5.13 Å². The van der Waals surface area contributed by atoms with Crippen molar-refractivity contribution >= 4 is 32.6 Å². The average molecular weight is 439 g/mol. The molecule has 1 unspecified atom stereocenters. The molecule has 2 heterocycles. The van der Waals surface area contributed by atoms with Gasteiger partial charge in [-0.1, -0.05) is 55.5 Å². The Balaban J connectivity index is 1.61. The maximum atomic E-state index is 13.4. The molecule has 0 aliphatic carbocycles. The Kier molecular flexibility index (Phi) is 6.88. The van der Waals surface area contributed by atoms with Crippen molar-refractivity contribution in [1.82, 2.24) is 4.98 Å². The van der Waals surface area contributed by atoms with Crippen LogP contribution >= 0.6 is 11.3 Å². The Labute approximate surface area is 188 Å². The summed E-state index contributed by atoms with van der Waals surface area (Å²) in [7, 11) is 0. The molecule has 3 aromatic rings. The number of benzene rings is 2. The average Bonchev–Trinajstić information content (AvgIpc) is 3.42. The van der Waals surface area contributed by atoms with Crippen molar-refractivity contribution in [2.45, 2.75) is 52.1 Å². The SMILES string of the molecule is CCOc1cccc2sc(N(CC3CCCO3)C(=O)Cc3ccc(C(C)C)cc3)nc12. The Morgan fingerprint density at radius 1 is 1.26 bits per heavy atom. The number of ether oxygens (including phenoxy) is 2. The molecule has 0 bridgehead atoms. The fourth-order valence-corrected chi connectivity index (χ4v) is 4.88. The number of hydrogen-bond donors (Lipinski definition) is 0. The second-order valence-electron chi connectivity index (χ2n) is 8.24. The first-order valence-electron chi connectivity index (χ1n) is 11.1. The maximum absolute atomic E-state index is 13.4. The van der Waals surface area contributed by atoms with Crippen LogP contribution in [-0.2, 0) is 16.0 Å². The van der Waals surface area contributed by atoms with Crippen LogP contribution in [-0.4, -0.2) is 36.8 Å². The lowest BCUT2D eigenvalue weighted by atomic mass is 10.0. The van der Waals surface area contributed by atoms with E-state index in [9.17, 15) is 4.79 Å². The number of fused-ring (bicyclic) bond motifs is 1. The number of para-hydroxylation sites is 1. The van der Waals surface area contributed by atoms with Crippen LogP contribution in [0, 0.1) is 0 Å². The molecule has 1 aliphatic heterocycles. The predicted molar refractivity (Wildman–Crippen MR) is 126 cm³/mol. The number of carbonyl (C=O) groups excluding carboxylic acids is 1. The highest BCUT2D eigenvalue weighted by Gasteiger charge is 2.26. The summed E-state index contributed by atoms with van der Waals surface area (Å²) in [6.45, 7) is 8.19. The highest BCUT2D eigenvalue weighted by molar-refractivity contribution is 7.22. The smallest absolute Gasteiger partial charge is 0.233 e. The monoisotopic (exact) mass is 438 g/mol. The predicted octanol–water partition coefficient (Wildman–Crippen LogP) is 5.57. The Morgan fingerprint density at radius 2 is 2.06 bits per heavy atom. The number of nitrogens with zero attached hydrogens (tertiary/aromatic N) is 2. The summed E-state index contributed by atoms with van der Waals surface area (Å²) in [6.07, 6.45) is 2.42. The van der Waals surface area contributed by atoms with Gasteiger partial charge < -0.3 is 9.47 Å². The van der Waals surface area contributed by atoms with Crippen LogP contribution in [0.2, 0.25) is 0 Å². The lowest BCUT2D eigenvalue weighted by Gasteiger charge is -2.23. The van der Waals surface area contributed by atoms with Gasteiger partial charge in [0.2, 0.25) is 5.91 Å². The fourth-order valence-electron chi connectivity index (χ4n) is 3.87. The molecular formula is C25H30N2O3S. The number of hydrogen-bond acceptors (Lipinski definition) is 5. The molecular weight excluding hydrogens is 408 g/mol. The normalized spacial score (nSPS) is 16.2. The van der Waals surface area contributed by atoms with Gasteiger partial charge in [0.1, 0.15) is 11.3 Å². The summed E-state index contributed by atoms with van der Waals surface area (Å²) in [4.78, 5) is 20.0. The molecule has 2 aromatic carbocycles. The van der Waals surface area contributed by atoms with E-state index in [1.165, 1.54) is 16.9 Å². The van der Waals surface area contributed by atoms with Gasteiger partial charge in [0, 0.05) is 6.61 Å². The molecule has 1 amide bonds. The number of rotatable bonds is 8. The minimum Gasteiger partial charge on any atom is -0.492 e. The molecule has 6 heteroatoms. The lowest BCUT2D eigenvalue weighted by Crippen LogP contribution is -2.38. The van der Waals surface area contributed by atoms with E-state index in [0.29, 0.717) is 30.6 Å². The summed E-state index contributed by atoms with van der Waals surface area (Å²) >= 11 is 1.53. The van der Waals surface area contributed by atoms with Gasteiger partial charge in [-0.25, -0.2) is 4.98 Å². The van der Waals surface area contributed by atoms with Gasteiger partial charge >= 0.3 is 0 Å². The molecule has 1 fully saturated rings. The number of aromatic nitrogens is 1. The molecule has 0 spiro atoms. The summed E-state index contributed by atoms with van der Waals surface area (Å²) in [6, 6.07) is 14.3. The van der Waals surface area contributed by atoms with Gasteiger partial charge in [-0.2, -0.15) is 0 Å². The topological polar surface area (TPSA) is 51.7 Å². The molecule has 1 aliphatic rings. The zero-order chi connectivity index (χ0) is 21.8. The largest absolute Gasteiger partial charge is 0.492 e. The molecule has 0 radical (unpaired) electrons. The molecule has 1 saturated heterocycles. The summed E-state index contributed by atoms with van der Waals surface area (Å²) in [5.41, 5.74) is 3.11. The summed E-state index contributed by atoms with van der Waals surface area (Å²) in [5, 5.41) is 0.710. The zero-order valence-electron chi connectivity index (χ0n) is 18.5. The van der Waals surface area contributed by atoms with E-state index in [0.717, 1.165) is 41.0 Å². The van der Waals surface area contributed by atoms with Crippen molar-refractivity contribution in [3.8, 4) is 5.75 Å². The Bertz CT molecular complexity index is 1020. The Hall–Kier alpha value is -2.44. The number of amides is 1. The van der Waals surface area contributed by atoms with Gasteiger partial charge in [0.25, 0.3) is 0 Å². The molecule has 0 N–H and O–H groups in total. The van der Waals surface area contributed by atoms with Gasteiger partial charge in [0.05, 0.1) is 30.4 Å². The van der Waals surface area contributed by atoms with Crippen molar-refractivity contribution in [1.29, 1.82) is 0 Å². The van der Waals surface area contributed by atoms with E-state index in [2.05, 4.69) is 38.1 Å². The van der Waals surface area contributed by atoms with Crippen molar-refractivity contribution in [3.63, 3.8) is 0 Å². The highest BCUT2D eigenvalue weighted by Crippen LogP contribution is 2.35. The second-order valence-corrected chi connectivity index (χ2v) is 9.25. The first kappa shape index (κ1) is 21.8. The number of carbonyl (C=O) groups is 1. The summed E-state index contributed by atoms with van der Waals surface area (Å²) < 4.78 is 12.6. The lowest BCUT2D eigenvalue weighted by molar-refractivity contribution is -0.118. The molecule has 4 rings (SSSR count).